The summed E-state index contributed by atoms with van der Waals surface area (Å²) in [6.07, 6.45) is 4.70. The van der Waals surface area contributed by atoms with Gasteiger partial charge < -0.3 is 14.5 Å². The molecule has 0 aliphatic heterocycles. The zero-order chi connectivity index (χ0) is 21.7. The number of hydrogen-bond acceptors (Lipinski definition) is 6. The number of ether oxygens (including phenoxy) is 1. The summed E-state index contributed by atoms with van der Waals surface area (Å²) in [6.45, 7) is 5.33. The molecular formula is C22H21BrFN3O3. The molecule has 0 bridgehead atoms. The van der Waals surface area contributed by atoms with Gasteiger partial charge in [0.25, 0.3) is 0 Å². The summed E-state index contributed by atoms with van der Waals surface area (Å²) in [6, 6.07) is 9.85. The van der Waals surface area contributed by atoms with Gasteiger partial charge in [0.2, 0.25) is 0 Å². The van der Waals surface area contributed by atoms with Gasteiger partial charge in [-0.3, -0.25) is 0 Å². The number of hydrogen-bond donors (Lipinski definition) is 1. The Labute approximate surface area is 182 Å². The summed E-state index contributed by atoms with van der Waals surface area (Å²) >= 11 is 3.30. The highest BCUT2D eigenvalue weighted by Gasteiger charge is 2.22. The van der Waals surface area contributed by atoms with E-state index in [1.165, 1.54) is 24.6 Å². The van der Waals surface area contributed by atoms with Gasteiger partial charge >= 0.3 is 5.97 Å². The van der Waals surface area contributed by atoms with Crippen LogP contribution in [0.15, 0.2) is 63.6 Å². The number of nitrogens with zero attached hydrogens (tertiary/aromatic N) is 2. The predicted molar refractivity (Wildman–Crippen MR) is 115 cm³/mol. The molecule has 0 fully saturated rings. The Bertz CT molecular complexity index is 1060. The monoisotopic (exact) mass is 473 g/mol. The van der Waals surface area contributed by atoms with E-state index >= 15 is 0 Å². The second kappa shape index (κ2) is 9.21. The molecule has 0 unspecified atom stereocenters. The van der Waals surface area contributed by atoms with Crippen LogP contribution in [0.2, 0.25) is 0 Å². The van der Waals surface area contributed by atoms with Gasteiger partial charge in [-0.15, -0.1) is 0 Å². The lowest BCUT2D eigenvalue weighted by molar-refractivity contribution is -0.149. The molecule has 0 amide bonds. The van der Waals surface area contributed by atoms with Crippen molar-refractivity contribution < 1.29 is 18.3 Å². The molecule has 3 aromatic rings. The fourth-order valence-electron chi connectivity index (χ4n) is 2.58. The molecule has 1 aromatic carbocycles. The second-order valence-corrected chi connectivity index (χ2v) is 8.27. The molecular weight excluding hydrogens is 453 g/mol. The lowest BCUT2D eigenvalue weighted by Gasteiger charge is -2.21. The number of carbonyl (C=O) groups excluding carboxylic acids is 1. The van der Waals surface area contributed by atoms with Crippen molar-refractivity contribution in [1.29, 1.82) is 0 Å². The van der Waals surface area contributed by atoms with Crippen LogP contribution in [0.1, 0.15) is 37.8 Å². The van der Waals surface area contributed by atoms with Crippen LogP contribution < -0.4 is 5.32 Å². The fraction of sp³-hybridized carbons (Fsp3) is 0.227. The molecule has 6 nitrogen and oxygen atoms in total. The van der Waals surface area contributed by atoms with Crippen molar-refractivity contribution in [3.63, 3.8) is 0 Å². The first-order chi connectivity index (χ1) is 14.2. The summed E-state index contributed by atoms with van der Waals surface area (Å²) in [7, 11) is 0. The van der Waals surface area contributed by atoms with E-state index in [9.17, 15) is 9.18 Å². The standard InChI is InChI=1S/C22H21BrFN3O3/c1-22(2,3)30-21(28)18(12-15-8-6-10-29-15)27-20-17(26-19(23)13-25-20)11-14-7-4-5-9-16(14)24/h4-10,12-13H,11H2,1-3H3,(H,25,27). The van der Waals surface area contributed by atoms with Crippen LogP contribution >= 0.6 is 15.9 Å². The highest BCUT2D eigenvalue weighted by molar-refractivity contribution is 9.10. The van der Waals surface area contributed by atoms with Crippen LogP contribution in [0.4, 0.5) is 10.2 Å². The number of aromatic nitrogens is 2. The zero-order valence-electron chi connectivity index (χ0n) is 16.8. The molecule has 0 aliphatic carbocycles. The maximum Gasteiger partial charge on any atom is 0.355 e. The molecule has 8 heteroatoms. The first-order valence-corrected chi connectivity index (χ1v) is 10.0. The van der Waals surface area contributed by atoms with Crippen molar-refractivity contribution in [3.05, 3.63) is 82.0 Å². The number of furan rings is 1. The van der Waals surface area contributed by atoms with Gasteiger partial charge in [-0.25, -0.2) is 19.2 Å². The summed E-state index contributed by atoms with van der Waals surface area (Å²) in [5.74, 6) is -0.154. The van der Waals surface area contributed by atoms with E-state index in [-0.39, 0.29) is 17.9 Å². The maximum absolute atomic E-state index is 14.2. The molecule has 156 valence electrons. The molecule has 3 rings (SSSR count). The largest absolute Gasteiger partial charge is 0.465 e. The van der Waals surface area contributed by atoms with Crippen LogP contribution in [-0.2, 0) is 16.0 Å². The predicted octanol–water partition coefficient (Wildman–Crippen LogP) is 5.36. The van der Waals surface area contributed by atoms with E-state index < -0.39 is 11.6 Å². The molecule has 0 spiro atoms. The molecule has 30 heavy (non-hydrogen) atoms. The summed E-state index contributed by atoms with van der Waals surface area (Å²) < 4.78 is 25.5. The Balaban J connectivity index is 1.96. The van der Waals surface area contributed by atoms with Crippen LogP contribution in [0.5, 0.6) is 0 Å². The van der Waals surface area contributed by atoms with Crippen LogP contribution in [-0.4, -0.2) is 21.5 Å². The van der Waals surface area contributed by atoms with Crippen molar-refractivity contribution in [3.8, 4) is 0 Å². The minimum Gasteiger partial charge on any atom is -0.465 e. The average molecular weight is 474 g/mol. The van der Waals surface area contributed by atoms with Crippen LogP contribution in [0.3, 0.4) is 0 Å². The van der Waals surface area contributed by atoms with Crippen molar-refractivity contribution in [2.45, 2.75) is 32.8 Å². The molecule has 2 heterocycles. The molecule has 0 atom stereocenters. The summed E-state index contributed by atoms with van der Waals surface area (Å²) in [5.41, 5.74) is 0.346. The molecule has 0 radical (unpaired) electrons. The van der Waals surface area contributed by atoms with E-state index in [1.807, 2.05) is 0 Å². The van der Waals surface area contributed by atoms with E-state index in [0.29, 0.717) is 27.4 Å². The van der Waals surface area contributed by atoms with Crippen molar-refractivity contribution in [2.75, 3.05) is 5.32 Å². The van der Waals surface area contributed by atoms with Crippen LogP contribution in [0.25, 0.3) is 6.08 Å². The minimum atomic E-state index is -0.692. The molecule has 0 saturated carbocycles. The minimum absolute atomic E-state index is 0.117. The number of halogens is 2. The molecule has 0 aliphatic rings. The van der Waals surface area contributed by atoms with Gasteiger partial charge in [-0.2, -0.15) is 0 Å². The Hall–Kier alpha value is -3.00. The van der Waals surface area contributed by atoms with Gasteiger partial charge in [-0.05, 0) is 60.5 Å². The van der Waals surface area contributed by atoms with E-state index in [1.54, 1.807) is 51.1 Å². The van der Waals surface area contributed by atoms with Gasteiger partial charge in [0.05, 0.1) is 18.2 Å². The van der Waals surface area contributed by atoms with Crippen LogP contribution in [0, 0.1) is 5.82 Å². The average Bonchev–Trinajstić information content (AvgIpc) is 3.17. The Morgan fingerprint density at radius 2 is 2.03 bits per heavy atom. The van der Waals surface area contributed by atoms with E-state index in [0.717, 1.165) is 0 Å². The van der Waals surface area contributed by atoms with Gasteiger partial charge in [0.1, 0.15) is 27.5 Å². The van der Waals surface area contributed by atoms with Gasteiger partial charge in [-0.1, -0.05) is 18.2 Å². The van der Waals surface area contributed by atoms with Crippen molar-refractivity contribution in [1.82, 2.24) is 9.97 Å². The number of carbonyl (C=O) groups is 1. The van der Waals surface area contributed by atoms with Gasteiger partial charge in [0, 0.05) is 12.5 Å². The highest BCUT2D eigenvalue weighted by atomic mass is 79.9. The fourth-order valence-corrected chi connectivity index (χ4v) is 2.89. The highest BCUT2D eigenvalue weighted by Crippen LogP contribution is 2.22. The Kier molecular flexibility index (Phi) is 6.66. The zero-order valence-corrected chi connectivity index (χ0v) is 18.4. The third-order valence-electron chi connectivity index (χ3n) is 3.83. The van der Waals surface area contributed by atoms with E-state index in [2.05, 4.69) is 31.2 Å². The lowest BCUT2D eigenvalue weighted by atomic mass is 10.1. The van der Waals surface area contributed by atoms with Gasteiger partial charge in [0.15, 0.2) is 5.82 Å². The first kappa shape index (κ1) is 21.7. The quantitative estimate of drug-likeness (QED) is 0.383. The third kappa shape index (κ3) is 6.00. The SMILES string of the molecule is CC(C)(C)OC(=O)C(=Cc1ccco1)Nc1ncc(Br)nc1Cc1ccccc1F. The smallest absolute Gasteiger partial charge is 0.355 e. The Morgan fingerprint density at radius 1 is 1.27 bits per heavy atom. The maximum atomic E-state index is 14.2. The number of anilines is 1. The number of esters is 1. The molecule has 1 N–H and O–H groups in total. The summed E-state index contributed by atoms with van der Waals surface area (Å²) in [5, 5.41) is 2.98. The number of rotatable bonds is 6. The second-order valence-electron chi connectivity index (χ2n) is 7.46. The lowest BCUT2D eigenvalue weighted by Crippen LogP contribution is -2.27. The molecule has 0 saturated heterocycles. The number of benzene rings is 1. The van der Waals surface area contributed by atoms with E-state index in [4.69, 9.17) is 9.15 Å². The normalized spacial score (nSPS) is 12.0. The molecule has 2 aromatic heterocycles. The first-order valence-electron chi connectivity index (χ1n) is 9.22. The summed E-state index contributed by atoms with van der Waals surface area (Å²) in [4.78, 5) is 21.5. The topological polar surface area (TPSA) is 77.2 Å². The number of nitrogens with one attached hydrogen (secondary N) is 1. The third-order valence-corrected chi connectivity index (χ3v) is 4.21. The van der Waals surface area contributed by atoms with Crippen molar-refractivity contribution >= 4 is 33.8 Å². The van der Waals surface area contributed by atoms with Crippen molar-refractivity contribution in [2.24, 2.45) is 0 Å². The Morgan fingerprint density at radius 3 is 2.70 bits per heavy atom.